The van der Waals surface area contributed by atoms with Crippen molar-refractivity contribution in [1.29, 1.82) is 0 Å². The lowest BCUT2D eigenvalue weighted by molar-refractivity contribution is -0.147. The lowest BCUT2D eigenvalue weighted by Crippen LogP contribution is -2.56. The van der Waals surface area contributed by atoms with E-state index in [1.807, 2.05) is 31.1 Å². The van der Waals surface area contributed by atoms with E-state index in [-0.39, 0.29) is 5.91 Å². The summed E-state index contributed by atoms with van der Waals surface area (Å²) in [5.74, 6) is 1.79. The monoisotopic (exact) mass is 404 g/mol. The van der Waals surface area contributed by atoms with Crippen LogP contribution in [0.15, 0.2) is 36.7 Å². The van der Waals surface area contributed by atoms with E-state index in [1.165, 1.54) is 0 Å². The highest BCUT2D eigenvalue weighted by Gasteiger charge is 2.35. The molecule has 0 N–H and O–H groups in total. The maximum Gasteiger partial charge on any atom is 0.266 e. The smallest absolute Gasteiger partial charge is 0.266 e. The van der Waals surface area contributed by atoms with Crippen molar-refractivity contribution in [3.63, 3.8) is 0 Å². The molecule has 3 rings (SSSR count). The van der Waals surface area contributed by atoms with Gasteiger partial charge in [-0.15, -0.1) is 0 Å². The van der Waals surface area contributed by atoms with Gasteiger partial charge in [0.15, 0.2) is 5.60 Å². The number of hydrogen-bond donors (Lipinski definition) is 0. The highest BCUT2D eigenvalue weighted by molar-refractivity contribution is 6.30. The molecule has 1 amide bonds. The van der Waals surface area contributed by atoms with Gasteiger partial charge in [0.05, 0.1) is 0 Å². The first-order valence-corrected chi connectivity index (χ1v) is 10.2. The Labute approximate surface area is 172 Å². The van der Waals surface area contributed by atoms with Crippen LogP contribution < -0.4 is 4.74 Å². The molecular formula is C21H29ClN4O2. The molecule has 0 atom stereocenters. The number of aryl methyl sites for hydroxylation is 1. The molecule has 1 aromatic heterocycles. The first kappa shape index (κ1) is 20.7. The molecule has 2 heterocycles. The Morgan fingerprint density at radius 1 is 1.14 bits per heavy atom. The third kappa shape index (κ3) is 5.06. The van der Waals surface area contributed by atoms with Gasteiger partial charge in [0.2, 0.25) is 0 Å². The number of rotatable bonds is 7. The maximum atomic E-state index is 13.0. The Bertz CT molecular complexity index is 780. The predicted molar refractivity (Wildman–Crippen MR) is 111 cm³/mol. The van der Waals surface area contributed by atoms with Crippen LogP contribution in [0.25, 0.3) is 0 Å². The number of amides is 1. The summed E-state index contributed by atoms with van der Waals surface area (Å²) in [5, 5.41) is 0.648. The fourth-order valence-electron chi connectivity index (χ4n) is 3.50. The van der Waals surface area contributed by atoms with Crippen LogP contribution in [-0.4, -0.2) is 63.6 Å². The van der Waals surface area contributed by atoms with Gasteiger partial charge in [-0.2, -0.15) is 0 Å². The second kappa shape index (κ2) is 8.97. The van der Waals surface area contributed by atoms with Crippen LogP contribution >= 0.6 is 11.6 Å². The van der Waals surface area contributed by atoms with Crippen LogP contribution in [0.2, 0.25) is 5.02 Å². The van der Waals surface area contributed by atoms with Crippen LogP contribution in [-0.2, 0) is 17.8 Å². The molecule has 0 unspecified atom stereocenters. The van der Waals surface area contributed by atoms with Gasteiger partial charge in [0, 0.05) is 63.1 Å². The molecule has 2 aromatic rings. The molecule has 28 heavy (non-hydrogen) atoms. The Morgan fingerprint density at radius 2 is 1.82 bits per heavy atom. The molecule has 0 radical (unpaired) electrons. The van der Waals surface area contributed by atoms with E-state index in [0.29, 0.717) is 10.8 Å². The zero-order valence-corrected chi connectivity index (χ0v) is 17.7. The Hall–Kier alpha value is -2.05. The van der Waals surface area contributed by atoms with Crippen molar-refractivity contribution in [3.05, 3.63) is 47.5 Å². The normalized spacial score (nSPS) is 15.6. The molecule has 1 aliphatic heterocycles. The van der Waals surface area contributed by atoms with E-state index < -0.39 is 5.60 Å². The Morgan fingerprint density at radius 3 is 2.46 bits per heavy atom. The summed E-state index contributed by atoms with van der Waals surface area (Å²) in [4.78, 5) is 21.6. The van der Waals surface area contributed by atoms with Gasteiger partial charge in [-0.1, -0.05) is 18.5 Å². The number of halogens is 1. The third-order valence-corrected chi connectivity index (χ3v) is 5.39. The van der Waals surface area contributed by atoms with E-state index in [9.17, 15) is 4.79 Å². The summed E-state index contributed by atoms with van der Waals surface area (Å²) < 4.78 is 8.16. The van der Waals surface area contributed by atoms with Crippen molar-refractivity contribution in [2.24, 2.45) is 0 Å². The Balaban J connectivity index is 1.49. The Kier molecular flexibility index (Phi) is 6.62. The highest BCUT2D eigenvalue weighted by Crippen LogP contribution is 2.23. The number of carbonyl (C=O) groups excluding carboxylic acids is 1. The van der Waals surface area contributed by atoms with Gasteiger partial charge in [0.1, 0.15) is 11.6 Å². The fourth-order valence-corrected chi connectivity index (χ4v) is 3.63. The summed E-state index contributed by atoms with van der Waals surface area (Å²) in [5.41, 5.74) is -0.914. The number of hydrogen-bond acceptors (Lipinski definition) is 4. The van der Waals surface area contributed by atoms with Gasteiger partial charge in [-0.25, -0.2) is 4.98 Å². The highest BCUT2D eigenvalue weighted by atomic mass is 35.5. The predicted octanol–water partition coefficient (Wildman–Crippen LogP) is 3.10. The molecular weight excluding hydrogens is 376 g/mol. The lowest BCUT2D eigenvalue weighted by Gasteiger charge is -2.38. The zero-order chi connectivity index (χ0) is 20.1. The number of aromatic nitrogens is 2. The summed E-state index contributed by atoms with van der Waals surface area (Å²) in [6.45, 7) is 10.9. The van der Waals surface area contributed by atoms with E-state index >= 15 is 0 Å². The van der Waals surface area contributed by atoms with Crippen molar-refractivity contribution in [1.82, 2.24) is 19.4 Å². The summed E-state index contributed by atoms with van der Waals surface area (Å²) >= 11 is 5.92. The molecule has 0 spiro atoms. The number of ether oxygens (including phenoxy) is 1. The van der Waals surface area contributed by atoms with Gasteiger partial charge in [-0.05, 0) is 38.1 Å². The average Bonchev–Trinajstić information content (AvgIpc) is 3.15. The second-order valence-corrected chi connectivity index (χ2v) is 8.03. The van der Waals surface area contributed by atoms with Crippen LogP contribution in [0, 0.1) is 0 Å². The molecule has 1 aliphatic rings. The molecule has 0 bridgehead atoms. The number of piperazine rings is 1. The van der Waals surface area contributed by atoms with Crippen LogP contribution in [0.5, 0.6) is 5.75 Å². The van der Waals surface area contributed by atoms with Crippen molar-refractivity contribution in [2.75, 3.05) is 32.7 Å². The number of nitrogens with zero attached hydrogens (tertiary/aromatic N) is 4. The zero-order valence-electron chi connectivity index (χ0n) is 16.9. The first-order chi connectivity index (χ1) is 13.4. The molecule has 152 valence electrons. The van der Waals surface area contributed by atoms with Gasteiger partial charge >= 0.3 is 0 Å². The SMILES string of the molecule is CCc1nccn1CCN1CCN(C(=O)C(C)(C)Oc2ccc(Cl)cc2)CC1. The van der Waals surface area contributed by atoms with E-state index in [1.54, 1.807) is 24.3 Å². The molecule has 0 aliphatic carbocycles. The second-order valence-electron chi connectivity index (χ2n) is 7.59. The number of imidazole rings is 1. The minimum Gasteiger partial charge on any atom is -0.478 e. The minimum atomic E-state index is -0.914. The van der Waals surface area contributed by atoms with Gasteiger partial charge in [-0.3, -0.25) is 9.69 Å². The van der Waals surface area contributed by atoms with E-state index in [0.717, 1.165) is 51.5 Å². The maximum absolute atomic E-state index is 13.0. The van der Waals surface area contributed by atoms with E-state index in [4.69, 9.17) is 16.3 Å². The quantitative estimate of drug-likeness (QED) is 0.711. The largest absolute Gasteiger partial charge is 0.478 e. The summed E-state index contributed by atoms with van der Waals surface area (Å²) in [7, 11) is 0. The van der Waals surface area contributed by atoms with Crippen LogP contribution in [0.1, 0.15) is 26.6 Å². The molecule has 6 nitrogen and oxygen atoms in total. The lowest BCUT2D eigenvalue weighted by atomic mass is 10.1. The van der Waals surface area contributed by atoms with Crippen molar-refractivity contribution < 1.29 is 9.53 Å². The third-order valence-electron chi connectivity index (χ3n) is 5.14. The summed E-state index contributed by atoms with van der Waals surface area (Å²) in [6, 6.07) is 7.10. The molecule has 1 aromatic carbocycles. The van der Waals surface area contributed by atoms with Crippen LogP contribution in [0.3, 0.4) is 0 Å². The molecule has 1 saturated heterocycles. The van der Waals surface area contributed by atoms with Gasteiger partial charge < -0.3 is 14.2 Å². The fraction of sp³-hybridized carbons (Fsp3) is 0.524. The van der Waals surface area contributed by atoms with Crippen molar-refractivity contribution in [3.8, 4) is 5.75 Å². The van der Waals surface area contributed by atoms with Crippen LogP contribution in [0.4, 0.5) is 0 Å². The average molecular weight is 405 g/mol. The van der Waals surface area contributed by atoms with Crippen molar-refractivity contribution in [2.45, 2.75) is 39.3 Å². The molecule has 0 saturated carbocycles. The molecule has 1 fully saturated rings. The van der Waals surface area contributed by atoms with Gasteiger partial charge in [0.25, 0.3) is 5.91 Å². The van der Waals surface area contributed by atoms with E-state index in [2.05, 4.69) is 21.4 Å². The molecule has 7 heteroatoms. The van der Waals surface area contributed by atoms with Crippen molar-refractivity contribution >= 4 is 17.5 Å². The number of benzene rings is 1. The minimum absolute atomic E-state index is 0.0185. The first-order valence-electron chi connectivity index (χ1n) is 9.85. The topological polar surface area (TPSA) is 50.6 Å². The number of carbonyl (C=O) groups is 1. The standard InChI is InChI=1S/C21H29ClN4O2/c1-4-19-23-9-10-25(19)14-11-24-12-15-26(16-13-24)20(27)21(2,3)28-18-7-5-17(22)6-8-18/h5-10H,4,11-16H2,1-3H3. The summed E-state index contributed by atoms with van der Waals surface area (Å²) in [6.07, 6.45) is 4.84.